The van der Waals surface area contributed by atoms with Gasteiger partial charge in [0.15, 0.2) is 6.61 Å². The van der Waals surface area contributed by atoms with Crippen LogP contribution in [0.3, 0.4) is 0 Å². The Morgan fingerprint density at radius 2 is 1.92 bits per heavy atom. The molecule has 1 heterocycles. The first kappa shape index (κ1) is 19.1. The van der Waals surface area contributed by atoms with E-state index in [2.05, 4.69) is 6.92 Å². The smallest absolute Gasteiger partial charge is 0.306 e. The summed E-state index contributed by atoms with van der Waals surface area (Å²) in [6, 6.07) is 7.26. The second-order valence-corrected chi connectivity index (χ2v) is 6.38. The summed E-state index contributed by atoms with van der Waals surface area (Å²) < 4.78 is 15.7. The predicted molar refractivity (Wildman–Crippen MR) is 93.7 cm³/mol. The van der Waals surface area contributed by atoms with Gasteiger partial charge in [-0.25, -0.2) is 0 Å². The van der Waals surface area contributed by atoms with Crippen LogP contribution in [0.4, 0.5) is 0 Å². The average Bonchev–Trinajstić information content (AvgIpc) is 2.63. The second kappa shape index (κ2) is 9.91. The number of esters is 1. The van der Waals surface area contributed by atoms with E-state index in [0.29, 0.717) is 18.9 Å². The molecule has 0 aliphatic carbocycles. The van der Waals surface area contributed by atoms with Gasteiger partial charge in [-0.3, -0.25) is 9.59 Å². The maximum absolute atomic E-state index is 12.0. The summed E-state index contributed by atoms with van der Waals surface area (Å²) in [5.41, 5.74) is 0. The first-order chi connectivity index (χ1) is 12.1. The monoisotopic (exact) mass is 349 g/mol. The SMILES string of the molecule is COc1ccc(OCCCC(=O)OCC(=O)N2CCCC(C)C2)cc1. The Hall–Kier alpha value is -2.24. The predicted octanol–water partition coefficient (Wildman–Crippen LogP) is 2.66. The van der Waals surface area contributed by atoms with Crippen LogP contribution in [0, 0.1) is 5.92 Å². The zero-order valence-electron chi connectivity index (χ0n) is 15.0. The maximum Gasteiger partial charge on any atom is 0.306 e. The fourth-order valence-electron chi connectivity index (χ4n) is 2.80. The van der Waals surface area contributed by atoms with E-state index in [-0.39, 0.29) is 24.9 Å². The number of piperidine rings is 1. The third kappa shape index (κ3) is 6.64. The normalized spacial score (nSPS) is 17.0. The molecule has 6 nitrogen and oxygen atoms in total. The molecular formula is C19H27NO5. The summed E-state index contributed by atoms with van der Waals surface area (Å²) in [4.78, 5) is 25.5. The minimum Gasteiger partial charge on any atom is -0.497 e. The molecule has 0 saturated carbocycles. The number of nitrogens with zero attached hydrogens (tertiary/aromatic N) is 1. The summed E-state index contributed by atoms with van der Waals surface area (Å²) in [7, 11) is 1.61. The second-order valence-electron chi connectivity index (χ2n) is 6.38. The lowest BCUT2D eigenvalue weighted by Gasteiger charge is -2.30. The van der Waals surface area contributed by atoms with Crippen molar-refractivity contribution in [2.45, 2.75) is 32.6 Å². The van der Waals surface area contributed by atoms with Gasteiger partial charge in [-0.05, 0) is 49.4 Å². The molecule has 0 radical (unpaired) electrons. The molecule has 0 spiro atoms. The number of carbonyl (C=O) groups is 2. The summed E-state index contributed by atoms with van der Waals surface area (Å²) >= 11 is 0. The Kier molecular flexibility index (Phi) is 7.57. The van der Waals surface area contributed by atoms with Gasteiger partial charge in [0.1, 0.15) is 11.5 Å². The van der Waals surface area contributed by atoms with Gasteiger partial charge in [0.05, 0.1) is 13.7 Å². The Morgan fingerprint density at radius 3 is 2.60 bits per heavy atom. The Morgan fingerprint density at radius 1 is 1.20 bits per heavy atom. The van der Waals surface area contributed by atoms with Crippen LogP contribution in [0.2, 0.25) is 0 Å². The summed E-state index contributed by atoms with van der Waals surface area (Å²) in [6.45, 7) is 3.90. The molecule has 2 rings (SSSR count). The van der Waals surface area contributed by atoms with E-state index >= 15 is 0 Å². The number of benzene rings is 1. The molecule has 1 atom stereocenters. The van der Waals surface area contributed by atoms with E-state index < -0.39 is 0 Å². The third-order valence-corrected chi connectivity index (χ3v) is 4.22. The molecular weight excluding hydrogens is 322 g/mol. The fraction of sp³-hybridized carbons (Fsp3) is 0.579. The molecule has 1 aliphatic heterocycles. The molecule has 1 aromatic rings. The van der Waals surface area contributed by atoms with Gasteiger partial charge < -0.3 is 19.1 Å². The highest BCUT2D eigenvalue weighted by molar-refractivity contribution is 5.80. The maximum atomic E-state index is 12.0. The highest BCUT2D eigenvalue weighted by Gasteiger charge is 2.21. The van der Waals surface area contributed by atoms with Gasteiger partial charge in [0.25, 0.3) is 5.91 Å². The van der Waals surface area contributed by atoms with Crippen molar-refractivity contribution in [3.63, 3.8) is 0 Å². The first-order valence-electron chi connectivity index (χ1n) is 8.78. The standard InChI is InChI=1S/C19H27NO5/c1-15-5-3-11-20(13-15)18(21)14-25-19(22)6-4-12-24-17-9-7-16(23-2)8-10-17/h7-10,15H,3-6,11-14H2,1-2H3. The molecule has 1 saturated heterocycles. The fourth-order valence-corrected chi connectivity index (χ4v) is 2.80. The van der Waals surface area contributed by atoms with E-state index in [4.69, 9.17) is 14.2 Å². The lowest BCUT2D eigenvalue weighted by Crippen LogP contribution is -2.41. The van der Waals surface area contributed by atoms with Crippen LogP contribution in [0.15, 0.2) is 24.3 Å². The highest BCUT2D eigenvalue weighted by atomic mass is 16.5. The number of ether oxygens (including phenoxy) is 3. The Bertz CT molecular complexity index is 557. The van der Waals surface area contributed by atoms with Gasteiger partial charge >= 0.3 is 5.97 Å². The Balaban J connectivity index is 1.58. The lowest BCUT2D eigenvalue weighted by molar-refractivity contribution is -0.152. The van der Waals surface area contributed by atoms with Crippen LogP contribution in [-0.2, 0) is 14.3 Å². The van der Waals surface area contributed by atoms with Crippen molar-refractivity contribution in [3.8, 4) is 11.5 Å². The molecule has 1 amide bonds. The molecule has 1 aromatic carbocycles. The van der Waals surface area contributed by atoms with E-state index in [0.717, 1.165) is 37.4 Å². The number of hydrogen-bond acceptors (Lipinski definition) is 5. The molecule has 6 heteroatoms. The lowest BCUT2D eigenvalue weighted by atomic mass is 10.0. The minimum atomic E-state index is -0.364. The number of carbonyl (C=O) groups excluding carboxylic acids is 2. The van der Waals surface area contributed by atoms with Gasteiger partial charge in [-0.2, -0.15) is 0 Å². The van der Waals surface area contributed by atoms with E-state index in [1.54, 1.807) is 12.0 Å². The largest absolute Gasteiger partial charge is 0.497 e. The van der Waals surface area contributed by atoms with Crippen molar-refractivity contribution in [1.29, 1.82) is 0 Å². The molecule has 1 unspecified atom stereocenters. The van der Waals surface area contributed by atoms with E-state index in [9.17, 15) is 9.59 Å². The van der Waals surface area contributed by atoms with Crippen LogP contribution < -0.4 is 9.47 Å². The summed E-state index contributed by atoms with van der Waals surface area (Å²) in [6.07, 6.45) is 2.95. The van der Waals surface area contributed by atoms with Crippen molar-refractivity contribution in [3.05, 3.63) is 24.3 Å². The van der Waals surface area contributed by atoms with Crippen molar-refractivity contribution in [1.82, 2.24) is 4.90 Å². The third-order valence-electron chi connectivity index (χ3n) is 4.22. The quantitative estimate of drug-likeness (QED) is 0.533. The van der Waals surface area contributed by atoms with Crippen molar-refractivity contribution >= 4 is 11.9 Å². The zero-order valence-corrected chi connectivity index (χ0v) is 15.0. The topological polar surface area (TPSA) is 65.1 Å². The number of rotatable bonds is 8. The molecule has 25 heavy (non-hydrogen) atoms. The molecule has 1 aliphatic rings. The van der Waals surface area contributed by atoms with Gasteiger partial charge in [-0.15, -0.1) is 0 Å². The molecule has 0 aromatic heterocycles. The molecule has 1 fully saturated rings. The van der Waals surface area contributed by atoms with Crippen LogP contribution in [-0.4, -0.2) is 50.2 Å². The number of amides is 1. The van der Waals surface area contributed by atoms with Crippen LogP contribution >= 0.6 is 0 Å². The minimum absolute atomic E-state index is 0.102. The Labute approximate surface area is 149 Å². The number of likely N-dealkylation sites (tertiary alicyclic amines) is 1. The zero-order chi connectivity index (χ0) is 18.1. The molecule has 0 N–H and O–H groups in total. The summed E-state index contributed by atoms with van der Waals surface area (Å²) in [5, 5.41) is 0. The van der Waals surface area contributed by atoms with Gasteiger partial charge in [0, 0.05) is 19.5 Å². The van der Waals surface area contributed by atoms with Crippen molar-refractivity contribution < 1.29 is 23.8 Å². The van der Waals surface area contributed by atoms with Crippen LogP contribution in [0.5, 0.6) is 11.5 Å². The average molecular weight is 349 g/mol. The van der Waals surface area contributed by atoms with E-state index in [1.807, 2.05) is 24.3 Å². The van der Waals surface area contributed by atoms with Gasteiger partial charge in [0.2, 0.25) is 0 Å². The first-order valence-corrected chi connectivity index (χ1v) is 8.78. The molecule has 0 bridgehead atoms. The van der Waals surface area contributed by atoms with Crippen molar-refractivity contribution in [2.75, 3.05) is 33.4 Å². The van der Waals surface area contributed by atoms with Crippen LogP contribution in [0.25, 0.3) is 0 Å². The number of hydrogen-bond donors (Lipinski definition) is 0. The number of methoxy groups -OCH3 is 1. The summed E-state index contributed by atoms with van der Waals surface area (Å²) in [5.74, 6) is 1.54. The van der Waals surface area contributed by atoms with E-state index in [1.165, 1.54) is 0 Å². The molecule has 138 valence electrons. The highest BCUT2D eigenvalue weighted by Crippen LogP contribution is 2.17. The van der Waals surface area contributed by atoms with Crippen LogP contribution in [0.1, 0.15) is 32.6 Å². The van der Waals surface area contributed by atoms with Crippen molar-refractivity contribution in [2.24, 2.45) is 5.92 Å². The van der Waals surface area contributed by atoms with Gasteiger partial charge in [-0.1, -0.05) is 6.92 Å².